The van der Waals surface area contributed by atoms with Crippen LogP contribution in [0.1, 0.15) is 0 Å². The van der Waals surface area contributed by atoms with Crippen molar-refractivity contribution >= 4 is 54.9 Å². The summed E-state index contributed by atoms with van der Waals surface area (Å²) in [5.41, 5.74) is 6.46. The van der Waals surface area contributed by atoms with Crippen molar-refractivity contribution in [2.24, 2.45) is 0 Å². The summed E-state index contributed by atoms with van der Waals surface area (Å²) in [5.74, 6) is 1.59. The van der Waals surface area contributed by atoms with Gasteiger partial charge < -0.3 is 0 Å². The van der Waals surface area contributed by atoms with Gasteiger partial charge in [0.25, 0.3) is 0 Å². The molecule has 8 aromatic rings. The van der Waals surface area contributed by atoms with Gasteiger partial charge in [-0.2, -0.15) is 0 Å². The second-order valence-corrected chi connectivity index (χ2v) is 8.14. The minimum Gasteiger partial charge on any atom is -0.277 e. The van der Waals surface area contributed by atoms with E-state index in [1.54, 1.807) is 12.7 Å². The number of aromatic nitrogens is 6. The molecule has 0 fully saturated rings. The molecule has 4 aromatic carbocycles. The number of fused-ring (bicyclic) bond motifs is 9. The molecule has 0 N–H and O–H groups in total. The normalized spacial score (nSPS) is 12.4. The summed E-state index contributed by atoms with van der Waals surface area (Å²) in [5, 5.41) is 4.82. The zero-order valence-corrected chi connectivity index (χ0v) is 16.8. The van der Waals surface area contributed by atoms with E-state index in [4.69, 9.17) is 4.98 Å². The maximum atomic E-state index is 5.02. The summed E-state index contributed by atoms with van der Waals surface area (Å²) in [4.78, 5) is 17.8. The molecule has 4 heterocycles. The minimum atomic E-state index is 0.665. The van der Waals surface area contributed by atoms with E-state index in [1.807, 2.05) is 6.07 Å². The van der Waals surface area contributed by atoms with E-state index in [0.29, 0.717) is 5.82 Å². The fourth-order valence-corrected chi connectivity index (χ4v) is 5.11. The molecule has 148 valence electrons. The summed E-state index contributed by atoms with van der Waals surface area (Å²) in [6.45, 7) is 0. The summed E-state index contributed by atoms with van der Waals surface area (Å²) in [7, 11) is 0. The molecular weight excluding hydrogens is 396 g/mol. The first-order valence-corrected chi connectivity index (χ1v) is 10.5. The van der Waals surface area contributed by atoms with Gasteiger partial charge in [0.15, 0.2) is 5.82 Å². The van der Waals surface area contributed by atoms with Crippen LogP contribution in [0.15, 0.2) is 85.5 Å². The monoisotopic (exact) mass is 410 g/mol. The third-order valence-electron chi connectivity index (χ3n) is 6.44. The zero-order chi connectivity index (χ0) is 20.8. The number of rotatable bonds is 1. The second kappa shape index (κ2) is 5.56. The maximum absolute atomic E-state index is 5.02. The molecule has 0 radical (unpaired) electrons. The number of para-hydroxylation sites is 2. The molecule has 0 atom stereocenters. The largest absolute Gasteiger partial charge is 0.277 e. The standard InChI is InChI=1S/C26H14N6/c1-2-6-16-11-22-18(9-15(16)5-1)19-10-17(25-28-13-27-14-29-25)12-23-24(19)32(22)26-30-20-7-3-4-8-21(20)31(23)26/h1-14H. The molecule has 6 heteroatoms. The molecule has 6 nitrogen and oxygen atoms in total. The van der Waals surface area contributed by atoms with Crippen LogP contribution in [-0.2, 0) is 0 Å². The number of nitrogens with zero attached hydrogens (tertiary/aromatic N) is 6. The van der Waals surface area contributed by atoms with Crippen molar-refractivity contribution in [2.45, 2.75) is 0 Å². The highest BCUT2D eigenvalue weighted by Crippen LogP contribution is 2.40. The Morgan fingerprint density at radius 1 is 0.625 bits per heavy atom. The highest BCUT2D eigenvalue weighted by Gasteiger charge is 2.22. The Bertz CT molecular complexity index is 1980. The lowest BCUT2D eigenvalue weighted by molar-refractivity contribution is 1.06. The lowest BCUT2D eigenvalue weighted by Gasteiger charge is -2.03. The smallest absolute Gasteiger partial charge is 0.220 e. The van der Waals surface area contributed by atoms with Gasteiger partial charge in [0.2, 0.25) is 5.78 Å². The summed E-state index contributed by atoms with van der Waals surface area (Å²) < 4.78 is 4.54. The molecule has 0 aliphatic rings. The van der Waals surface area contributed by atoms with Crippen LogP contribution >= 0.6 is 0 Å². The van der Waals surface area contributed by atoms with Crippen molar-refractivity contribution < 1.29 is 0 Å². The van der Waals surface area contributed by atoms with Crippen LogP contribution in [-0.4, -0.2) is 28.7 Å². The van der Waals surface area contributed by atoms with E-state index in [-0.39, 0.29) is 0 Å². The quantitative estimate of drug-likeness (QED) is 0.359. The van der Waals surface area contributed by atoms with Gasteiger partial charge in [0.05, 0.1) is 27.6 Å². The van der Waals surface area contributed by atoms with Gasteiger partial charge in [0, 0.05) is 16.3 Å². The Kier molecular flexibility index (Phi) is 2.81. The lowest BCUT2D eigenvalue weighted by Crippen LogP contribution is -1.90. The molecule has 8 rings (SSSR count). The Morgan fingerprint density at radius 2 is 1.41 bits per heavy atom. The van der Waals surface area contributed by atoms with Crippen LogP contribution in [0.25, 0.3) is 66.3 Å². The van der Waals surface area contributed by atoms with Crippen molar-refractivity contribution in [3.05, 3.63) is 85.5 Å². The SMILES string of the molecule is c1ccc2cc3c(cc2c1)c1cc(-c2ncncn2)cc2c1n3c1nc3ccccc3n21. The van der Waals surface area contributed by atoms with Crippen LogP contribution < -0.4 is 0 Å². The first-order valence-electron chi connectivity index (χ1n) is 10.5. The molecular formula is C26H14N6. The molecule has 0 aliphatic heterocycles. The van der Waals surface area contributed by atoms with Gasteiger partial charge in [-0.05, 0) is 47.2 Å². The first-order chi connectivity index (χ1) is 15.9. The van der Waals surface area contributed by atoms with E-state index in [2.05, 4.69) is 90.5 Å². The van der Waals surface area contributed by atoms with E-state index in [1.165, 1.54) is 27.1 Å². The number of benzene rings is 4. The van der Waals surface area contributed by atoms with Gasteiger partial charge in [-0.25, -0.2) is 19.9 Å². The van der Waals surface area contributed by atoms with E-state index >= 15 is 0 Å². The third-order valence-corrected chi connectivity index (χ3v) is 6.44. The van der Waals surface area contributed by atoms with Crippen molar-refractivity contribution in [3.63, 3.8) is 0 Å². The van der Waals surface area contributed by atoms with Crippen LogP contribution in [0.3, 0.4) is 0 Å². The van der Waals surface area contributed by atoms with E-state index in [9.17, 15) is 0 Å². The second-order valence-electron chi connectivity index (χ2n) is 8.14. The lowest BCUT2D eigenvalue weighted by atomic mass is 10.0. The third kappa shape index (κ3) is 1.90. The topological polar surface area (TPSA) is 60.4 Å². The molecule has 0 saturated heterocycles. The Hall–Kier alpha value is -4.58. The predicted octanol–water partition coefficient (Wildman–Crippen LogP) is 5.49. The Balaban J connectivity index is 1.68. The first kappa shape index (κ1) is 16.2. The highest BCUT2D eigenvalue weighted by atomic mass is 15.2. The van der Waals surface area contributed by atoms with E-state index < -0.39 is 0 Å². The van der Waals surface area contributed by atoms with Gasteiger partial charge in [-0.15, -0.1) is 0 Å². The summed E-state index contributed by atoms with van der Waals surface area (Å²) in [6.07, 6.45) is 3.08. The van der Waals surface area contributed by atoms with Crippen LogP contribution in [0.4, 0.5) is 0 Å². The average Bonchev–Trinajstić information content (AvgIpc) is 3.48. The number of hydrogen-bond donors (Lipinski definition) is 0. The molecule has 0 saturated carbocycles. The summed E-state index contributed by atoms with van der Waals surface area (Å²) >= 11 is 0. The molecule has 0 bridgehead atoms. The molecule has 4 aromatic heterocycles. The highest BCUT2D eigenvalue weighted by molar-refractivity contribution is 6.19. The molecule has 0 unspecified atom stereocenters. The average molecular weight is 410 g/mol. The molecule has 0 amide bonds. The fraction of sp³-hybridized carbons (Fsp3) is 0. The summed E-state index contributed by atoms with van der Waals surface area (Å²) in [6, 6.07) is 25.7. The van der Waals surface area contributed by atoms with Crippen molar-refractivity contribution in [1.82, 2.24) is 28.7 Å². The van der Waals surface area contributed by atoms with Crippen molar-refractivity contribution in [3.8, 4) is 11.4 Å². The number of hydrogen-bond acceptors (Lipinski definition) is 4. The van der Waals surface area contributed by atoms with Gasteiger partial charge in [0.1, 0.15) is 12.7 Å². The molecule has 0 aliphatic carbocycles. The number of imidazole rings is 2. The van der Waals surface area contributed by atoms with Gasteiger partial charge in [-0.1, -0.05) is 36.4 Å². The van der Waals surface area contributed by atoms with Crippen molar-refractivity contribution in [1.29, 1.82) is 0 Å². The van der Waals surface area contributed by atoms with Gasteiger partial charge >= 0.3 is 0 Å². The maximum Gasteiger partial charge on any atom is 0.220 e. The predicted molar refractivity (Wildman–Crippen MR) is 126 cm³/mol. The van der Waals surface area contributed by atoms with Gasteiger partial charge in [-0.3, -0.25) is 8.80 Å². The molecule has 0 spiro atoms. The zero-order valence-electron chi connectivity index (χ0n) is 16.8. The van der Waals surface area contributed by atoms with Crippen LogP contribution in [0.2, 0.25) is 0 Å². The fourth-order valence-electron chi connectivity index (χ4n) is 5.11. The van der Waals surface area contributed by atoms with Crippen LogP contribution in [0.5, 0.6) is 0 Å². The molecule has 32 heavy (non-hydrogen) atoms. The Labute approximate surface area is 180 Å². The van der Waals surface area contributed by atoms with Crippen molar-refractivity contribution in [2.75, 3.05) is 0 Å². The van der Waals surface area contributed by atoms with E-state index in [0.717, 1.165) is 33.4 Å². The van der Waals surface area contributed by atoms with Crippen LogP contribution in [0, 0.1) is 0 Å². The Morgan fingerprint density at radius 3 is 2.28 bits per heavy atom. The minimum absolute atomic E-state index is 0.665.